The predicted molar refractivity (Wildman–Crippen MR) is 77.0 cm³/mol. The number of halogens is 2. The molecule has 0 saturated carbocycles. The Morgan fingerprint density at radius 1 is 0.947 bits per heavy atom. The van der Waals surface area contributed by atoms with Crippen LogP contribution >= 0.6 is 23.2 Å². The second-order valence-electron chi connectivity index (χ2n) is 4.15. The van der Waals surface area contributed by atoms with Gasteiger partial charge in [0.05, 0.1) is 5.92 Å². The zero-order valence-corrected chi connectivity index (χ0v) is 11.8. The third-order valence-electron chi connectivity index (χ3n) is 2.76. The summed E-state index contributed by atoms with van der Waals surface area (Å²) in [6.07, 6.45) is 0. The summed E-state index contributed by atoms with van der Waals surface area (Å²) >= 11 is 11.6. The largest absolute Gasteiger partial charge is 0.426 e. The highest BCUT2D eigenvalue weighted by Crippen LogP contribution is 2.22. The minimum absolute atomic E-state index is 0.315. The molecule has 0 N–H and O–H groups in total. The fraction of sp³-hybridized carbons (Fsp3) is 0.133. The number of rotatable bonds is 3. The van der Waals surface area contributed by atoms with E-state index in [1.165, 1.54) is 0 Å². The predicted octanol–water partition coefficient (Wildman–Crippen LogP) is 4.70. The van der Waals surface area contributed by atoms with Crippen LogP contribution in [0.1, 0.15) is 18.4 Å². The maximum atomic E-state index is 12.0. The zero-order chi connectivity index (χ0) is 13.8. The summed E-state index contributed by atoms with van der Waals surface area (Å²) in [6, 6.07) is 13.8. The van der Waals surface area contributed by atoms with E-state index in [4.69, 9.17) is 27.9 Å². The Balaban J connectivity index is 2.07. The molecule has 0 heterocycles. The molecule has 0 fully saturated rings. The number of esters is 1. The maximum absolute atomic E-state index is 12.0. The summed E-state index contributed by atoms with van der Waals surface area (Å²) in [5.74, 6) is -0.187. The van der Waals surface area contributed by atoms with Gasteiger partial charge in [0.25, 0.3) is 0 Å². The van der Waals surface area contributed by atoms with E-state index in [0.29, 0.717) is 15.8 Å². The fourth-order valence-electron chi connectivity index (χ4n) is 1.59. The van der Waals surface area contributed by atoms with Crippen molar-refractivity contribution in [2.45, 2.75) is 12.8 Å². The molecule has 98 valence electrons. The number of hydrogen-bond donors (Lipinski definition) is 0. The van der Waals surface area contributed by atoms with Crippen LogP contribution in [0.5, 0.6) is 5.75 Å². The number of ether oxygens (including phenoxy) is 1. The van der Waals surface area contributed by atoms with Crippen LogP contribution in [0.15, 0.2) is 48.5 Å². The summed E-state index contributed by atoms with van der Waals surface area (Å²) in [6.45, 7) is 1.79. The molecule has 0 spiro atoms. The third-order valence-corrected chi connectivity index (χ3v) is 3.26. The van der Waals surface area contributed by atoms with Crippen LogP contribution in [0.3, 0.4) is 0 Å². The lowest BCUT2D eigenvalue weighted by atomic mass is 10.0. The van der Waals surface area contributed by atoms with Gasteiger partial charge in [0.2, 0.25) is 0 Å². The van der Waals surface area contributed by atoms with Crippen molar-refractivity contribution >= 4 is 29.2 Å². The van der Waals surface area contributed by atoms with Gasteiger partial charge in [-0.25, -0.2) is 0 Å². The van der Waals surface area contributed by atoms with Crippen molar-refractivity contribution < 1.29 is 9.53 Å². The Labute approximate surface area is 121 Å². The summed E-state index contributed by atoms with van der Waals surface area (Å²) in [5, 5.41) is 1.24. The van der Waals surface area contributed by atoms with Gasteiger partial charge in [0, 0.05) is 10.0 Å². The summed E-state index contributed by atoms with van der Waals surface area (Å²) in [5.41, 5.74) is 0.864. The molecular formula is C15H12Cl2O2. The molecule has 2 rings (SSSR count). The number of carbonyl (C=O) groups excluding carboxylic acids is 1. The molecule has 0 radical (unpaired) electrons. The average molecular weight is 295 g/mol. The van der Waals surface area contributed by atoms with Crippen LogP contribution < -0.4 is 4.74 Å². The Hall–Kier alpha value is -1.51. The van der Waals surface area contributed by atoms with Gasteiger partial charge in [-0.2, -0.15) is 0 Å². The van der Waals surface area contributed by atoms with Crippen molar-refractivity contribution in [3.8, 4) is 5.75 Å². The molecule has 0 aromatic heterocycles. The molecule has 0 aliphatic heterocycles. The highest BCUT2D eigenvalue weighted by Gasteiger charge is 2.17. The van der Waals surface area contributed by atoms with E-state index in [2.05, 4.69) is 0 Å². The van der Waals surface area contributed by atoms with E-state index in [1.807, 2.05) is 12.1 Å². The number of benzene rings is 2. The second-order valence-corrected chi connectivity index (χ2v) is 5.02. The van der Waals surface area contributed by atoms with E-state index in [1.54, 1.807) is 43.3 Å². The molecule has 4 heteroatoms. The van der Waals surface area contributed by atoms with Crippen LogP contribution in [-0.2, 0) is 4.79 Å². The van der Waals surface area contributed by atoms with Crippen LogP contribution in [0.2, 0.25) is 10.0 Å². The molecule has 1 unspecified atom stereocenters. The lowest BCUT2D eigenvalue weighted by Crippen LogP contribution is -2.16. The molecule has 0 aliphatic rings. The van der Waals surface area contributed by atoms with E-state index < -0.39 is 0 Å². The first-order chi connectivity index (χ1) is 9.06. The topological polar surface area (TPSA) is 26.3 Å². The molecule has 0 bridgehead atoms. The molecule has 2 nitrogen and oxygen atoms in total. The van der Waals surface area contributed by atoms with Crippen molar-refractivity contribution in [3.63, 3.8) is 0 Å². The Morgan fingerprint density at radius 2 is 1.42 bits per heavy atom. The van der Waals surface area contributed by atoms with Crippen LogP contribution in [-0.4, -0.2) is 5.97 Å². The van der Waals surface area contributed by atoms with Crippen molar-refractivity contribution in [2.24, 2.45) is 0 Å². The van der Waals surface area contributed by atoms with Gasteiger partial charge >= 0.3 is 5.97 Å². The lowest BCUT2D eigenvalue weighted by molar-refractivity contribution is -0.135. The van der Waals surface area contributed by atoms with Crippen LogP contribution in [0.25, 0.3) is 0 Å². The molecular weight excluding hydrogens is 283 g/mol. The molecule has 0 aliphatic carbocycles. The number of hydrogen-bond acceptors (Lipinski definition) is 2. The van der Waals surface area contributed by atoms with Crippen molar-refractivity contribution in [1.82, 2.24) is 0 Å². The van der Waals surface area contributed by atoms with Crippen molar-refractivity contribution in [2.75, 3.05) is 0 Å². The normalized spacial score (nSPS) is 11.9. The third kappa shape index (κ3) is 3.72. The van der Waals surface area contributed by atoms with Crippen molar-refractivity contribution in [3.05, 3.63) is 64.1 Å². The van der Waals surface area contributed by atoms with Gasteiger partial charge in [0.1, 0.15) is 5.75 Å². The maximum Gasteiger partial charge on any atom is 0.318 e. The first kappa shape index (κ1) is 13.9. The minimum Gasteiger partial charge on any atom is -0.426 e. The molecule has 0 saturated heterocycles. The quantitative estimate of drug-likeness (QED) is 0.606. The van der Waals surface area contributed by atoms with Gasteiger partial charge in [-0.05, 0) is 48.9 Å². The van der Waals surface area contributed by atoms with Gasteiger partial charge in [-0.3, -0.25) is 4.79 Å². The van der Waals surface area contributed by atoms with E-state index >= 15 is 0 Å². The summed E-state index contributed by atoms with van der Waals surface area (Å²) in [4.78, 5) is 12.0. The van der Waals surface area contributed by atoms with Crippen LogP contribution in [0, 0.1) is 0 Å². The zero-order valence-electron chi connectivity index (χ0n) is 10.3. The van der Waals surface area contributed by atoms with E-state index in [9.17, 15) is 4.79 Å². The fourth-order valence-corrected chi connectivity index (χ4v) is 1.85. The highest BCUT2D eigenvalue weighted by molar-refractivity contribution is 6.30. The highest BCUT2D eigenvalue weighted by atomic mass is 35.5. The SMILES string of the molecule is CC(C(=O)Oc1ccc(Cl)cc1)c1ccc(Cl)cc1. The molecule has 2 aromatic rings. The van der Waals surface area contributed by atoms with E-state index in [0.717, 1.165) is 5.56 Å². The smallest absolute Gasteiger partial charge is 0.318 e. The summed E-state index contributed by atoms with van der Waals surface area (Å²) < 4.78 is 5.29. The van der Waals surface area contributed by atoms with Crippen molar-refractivity contribution in [1.29, 1.82) is 0 Å². The van der Waals surface area contributed by atoms with Gasteiger partial charge in [-0.1, -0.05) is 35.3 Å². The standard InChI is InChI=1S/C15H12Cl2O2/c1-10(11-2-4-12(16)5-3-11)15(18)19-14-8-6-13(17)7-9-14/h2-10H,1H3. The Bertz CT molecular complexity index is 562. The number of carbonyl (C=O) groups is 1. The molecule has 0 amide bonds. The summed E-state index contributed by atoms with van der Waals surface area (Å²) in [7, 11) is 0. The first-order valence-corrected chi connectivity index (χ1v) is 6.54. The lowest BCUT2D eigenvalue weighted by Gasteiger charge is -2.11. The minimum atomic E-state index is -0.354. The Kier molecular flexibility index (Phi) is 4.46. The van der Waals surface area contributed by atoms with E-state index in [-0.39, 0.29) is 11.9 Å². The molecule has 19 heavy (non-hydrogen) atoms. The van der Waals surface area contributed by atoms with Gasteiger partial charge in [0.15, 0.2) is 0 Å². The second kappa shape index (κ2) is 6.09. The van der Waals surface area contributed by atoms with Gasteiger partial charge < -0.3 is 4.74 Å². The van der Waals surface area contributed by atoms with Crippen LogP contribution in [0.4, 0.5) is 0 Å². The first-order valence-electron chi connectivity index (χ1n) is 5.79. The average Bonchev–Trinajstić information content (AvgIpc) is 2.41. The molecule has 2 aromatic carbocycles. The Morgan fingerprint density at radius 3 is 1.95 bits per heavy atom. The monoisotopic (exact) mass is 294 g/mol. The molecule has 1 atom stereocenters. The van der Waals surface area contributed by atoms with Gasteiger partial charge in [-0.15, -0.1) is 0 Å².